The molecule has 0 saturated heterocycles. The largest absolute Gasteiger partial charge is 0.347 e. The minimum Gasteiger partial charge on any atom is -0.347 e. The van der Waals surface area contributed by atoms with Crippen LogP contribution in [0.5, 0.6) is 0 Å². The van der Waals surface area contributed by atoms with Gasteiger partial charge in [-0.05, 0) is 30.7 Å². The van der Waals surface area contributed by atoms with E-state index in [2.05, 4.69) is 36.9 Å². The Morgan fingerprint density at radius 2 is 1.88 bits per heavy atom. The summed E-state index contributed by atoms with van der Waals surface area (Å²) in [7, 11) is 0. The molecule has 1 aromatic heterocycles. The SMILES string of the molecule is Cc1cc(NC(=O)CNC(=O)CCC(=O)Nc2nccs2)ccc1Br. The number of aryl methyl sites for hydroxylation is 1. The predicted octanol–water partition coefficient (Wildman–Crippen LogP) is 2.69. The Kier molecular flexibility index (Phi) is 7.08. The summed E-state index contributed by atoms with van der Waals surface area (Å²) in [5.74, 6) is -0.987. The van der Waals surface area contributed by atoms with Crippen LogP contribution in [0.4, 0.5) is 10.8 Å². The first-order valence-corrected chi connectivity index (χ1v) is 9.13. The van der Waals surface area contributed by atoms with Crippen molar-refractivity contribution >= 4 is 55.8 Å². The van der Waals surface area contributed by atoms with Crippen LogP contribution < -0.4 is 16.0 Å². The summed E-state index contributed by atoms with van der Waals surface area (Å²) in [5.41, 5.74) is 1.65. The third-order valence-corrected chi connectivity index (χ3v) is 4.72. The molecule has 132 valence electrons. The fourth-order valence-electron chi connectivity index (χ4n) is 1.89. The van der Waals surface area contributed by atoms with Crippen LogP contribution in [0.1, 0.15) is 18.4 Å². The number of hydrogen-bond donors (Lipinski definition) is 3. The molecular formula is C16H17BrN4O3S. The Labute approximate surface area is 157 Å². The molecule has 0 fully saturated rings. The van der Waals surface area contributed by atoms with Gasteiger partial charge in [0.2, 0.25) is 17.7 Å². The zero-order chi connectivity index (χ0) is 18.2. The fraction of sp³-hybridized carbons (Fsp3) is 0.250. The van der Waals surface area contributed by atoms with E-state index in [1.165, 1.54) is 11.3 Å². The Morgan fingerprint density at radius 3 is 2.56 bits per heavy atom. The molecule has 0 bridgehead atoms. The maximum Gasteiger partial charge on any atom is 0.243 e. The van der Waals surface area contributed by atoms with E-state index >= 15 is 0 Å². The number of aromatic nitrogens is 1. The van der Waals surface area contributed by atoms with Crippen LogP contribution in [0.3, 0.4) is 0 Å². The summed E-state index contributed by atoms with van der Waals surface area (Å²) >= 11 is 4.69. The van der Waals surface area contributed by atoms with Crippen molar-refractivity contribution in [3.05, 3.63) is 39.8 Å². The monoisotopic (exact) mass is 424 g/mol. The average molecular weight is 425 g/mol. The first-order chi connectivity index (χ1) is 11.9. The molecule has 3 amide bonds. The number of anilines is 2. The molecule has 1 heterocycles. The van der Waals surface area contributed by atoms with Crippen molar-refractivity contribution in [3.8, 4) is 0 Å². The minimum absolute atomic E-state index is 0.00187. The van der Waals surface area contributed by atoms with Gasteiger partial charge in [-0.25, -0.2) is 4.98 Å². The van der Waals surface area contributed by atoms with Gasteiger partial charge >= 0.3 is 0 Å². The van der Waals surface area contributed by atoms with Crippen molar-refractivity contribution in [1.29, 1.82) is 0 Å². The first kappa shape index (κ1) is 19.1. The van der Waals surface area contributed by atoms with Crippen LogP contribution >= 0.6 is 27.3 Å². The van der Waals surface area contributed by atoms with Gasteiger partial charge in [0.1, 0.15) is 0 Å². The number of carbonyl (C=O) groups is 3. The zero-order valence-corrected chi connectivity index (χ0v) is 15.9. The van der Waals surface area contributed by atoms with Crippen LogP contribution in [-0.2, 0) is 14.4 Å². The van der Waals surface area contributed by atoms with Gasteiger partial charge in [-0.1, -0.05) is 15.9 Å². The molecule has 0 saturated carbocycles. The van der Waals surface area contributed by atoms with Crippen molar-refractivity contribution in [1.82, 2.24) is 10.3 Å². The van der Waals surface area contributed by atoms with Gasteiger partial charge in [0.25, 0.3) is 0 Å². The Balaban J connectivity index is 1.67. The molecule has 2 aromatic rings. The quantitative estimate of drug-likeness (QED) is 0.635. The third kappa shape index (κ3) is 6.63. The smallest absolute Gasteiger partial charge is 0.243 e. The highest BCUT2D eigenvalue weighted by Crippen LogP contribution is 2.19. The lowest BCUT2D eigenvalue weighted by Crippen LogP contribution is -2.33. The fourth-order valence-corrected chi connectivity index (χ4v) is 2.68. The van der Waals surface area contributed by atoms with E-state index in [0.29, 0.717) is 10.8 Å². The summed E-state index contributed by atoms with van der Waals surface area (Å²) in [5, 5.41) is 10.0. The molecule has 25 heavy (non-hydrogen) atoms. The number of thiazole rings is 1. The highest BCUT2D eigenvalue weighted by atomic mass is 79.9. The van der Waals surface area contributed by atoms with E-state index < -0.39 is 0 Å². The van der Waals surface area contributed by atoms with Crippen LogP contribution in [0, 0.1) is 6.92 Å². The van der Waals surface area contributed by atoms with Gasteiger partial charge in [0, 0.05) is 34.6 Å². The van der Waals surface area contributed by atoms with E-state index in [9.17, 15) is 14.4 Å². The highest BCUT2D eigenvalue weighted by molar-refractivity contribution is 9.10. The molecule has 0 aliphatic rings. The van der Waals surface area contributed by atoms with Gasteiger partial charge in [0.05, 0.1) is 6.54 Å². The summed E-state index contributed by atoms with van der Waals surface area (Å²) in [6, 6.07) is 5.43. The van der Waals surface area contributed by atoms with Crippen molar-refractivity contribution < 1.29 is 14.4 Å². The van der Waals surface area contributed by atoms with Gasteiger partial charge in [-0.2, -0.15) is 0 Å². The molecule has 2 rings (SSSR count). The van der Waals surface area contributed by atoms with E-state index in [1.807, 2.05) is 19.1 Å². The standard InChI is InChI=1S/C16H17BrN4O3S/c1-10-8-11(2-3-12(10)17)20-15(24)9-19-13(22)4-5-14(23)21-16-18-6-7-25-16/h2-3,6-8H,4-5,9H2,1H3,(H,19,22)(H,20,24)(H,18,21,23). The Bertz CT molecular complexity index is 765. The van der Waals surface area contributed by atoms with Crippen LogP contribution in [0.25, 0.3) is 0 Å². The number of nitrogens with zero attached hydrogens (tertiary/aromatic N) is 1. The summed E-state index contributed by atoms with van der Waals surface area (Å²) < 4.78 is 0.954. The number of amides is 3. The van der Waals surface area contributed by atoms with Gasteiger partial charge < -0.3 is 16.0 Å². The van der Waals surface area contributed by atoms with Crippen molar-refractivity contribution in [2.24, 2.45) is 0 Å². The summed E-state index contributed by atoms with van der Waals surface area (Å²) in [6.45, 7) is 1.76. The van der Waals surface area contributed by atoms with Crippen molar-refractivity contribution in [3.63, 3.8) is 0 Å². The summed E-state index contributed by atoms with van der Waals surface area (Å²) in [6.07, 6.45) is 1.61. The third-order valence-electron chi connectivity index (χ3n) is 3.15. The Morgan fingerprint density at radius 1 is 1.12 bits per heavy atom. The van der Waals surface area contributed by atoms with E-state index in [4.69, 9.17) is 0 Å². The lowest BCUT2D eigenvalue weighted by molar-refractivity contribution is -0.125. The second kappa shape index (κ2) is 9.28. The van der Waals surface area contributed by atoms with E-state index in [-0.39, 0.29) is 37.1 Å². The maximum atomic E-state index is 11.8. The molecule has 9 heteroatoms. The average Bonchev–Trinajstić information content (AvgIpc) is 3.07. The van der Waals surface area contributed by atoms with Gasteiger partial charge in [0.15, 0.2) is 5.13 Å². The Hall–Kier alpha value is -2.26. The number of nitrogens with one attached hydrogen (secondary N) is 3. The van der Waals surface area contributed by atoms with Gasteiger partial charge in [-0.15, -0.1) is 11.3 Å². The van der Waals surface area contributed by atoms with E-state index in [1.54, 1.807) is 17.6 Å². The zero-order valence-electron chi connectivity index (χ0n) is 13.5. The molecule has 0 aliphatic heterocycles. The second-order valence-electron chi connectivity index (χ2n) is 5.17. The molecule has 0 atom stereocenters. The minimum atomic E-state index is -0.364. The number of hydrogen-bond acceptors (Lipinski definition) is 5. The van der Waals surface area contributed by atoms with Crippen molar-refractivity contribution in [2.75, 3.05) is 17.2 Å². The lowest BCUT2D eigenvalue weighted by Gasteiger charge is -2.08. The van der Waals surface area contributed by atoms with Crippen LogP contribution in [-0.4, -0.2) is 29.3 Å². The lowest BCUT2D eigenvalue weighted by atomic mass is 10.2. The molecule has 0 unspecified atom stereocenters. The number of benzene rings is 1. The molecule has 1 aromatic carbocycles. The summed E-state index contributed by atoms with van der Waals surface area (Å²) in [4.78, 5) is 39.1. The van der Waals surface area contributed by atoms with Crippen LogP contribution in [0.2, 0.25) is 0 Å². The van der Waals surface area contributed by atoms with Crippen molar-refractivity contribution in [2.45, 2.75) is 19.8 Å². The number of halogens is 1. The molecule has 0 spiro atoms. The normalized spacial score (nSPS) is 10.2. The molecule has 0 aliphatic carbocycles. The second-order valence-corrected chi connectivity index (χ2v) is 6.92. The molecule has 7 nitrogen and oxygen atoms in total. The molecule has 0 radical (unpaired) electrons. The topological polar surface area (TPSA) is 100 Å². The molecular weight excluding hydrogens is 408 g/mol. The number of carbonyl (C=O) groups excluding carboxylic acids is 3. The maximum absolute atomic E-state index is 11.8. The number of rotatable bonds is 7. The highest BCUT2D eigenvalue weighted by Gasteiger charge is 2.10. The predicted molar refractivity (Wildman–Crippen MR) is 100 cm³/mol. The first-order valence-electron chi connectivity index (χ1n) is 7.46. The van der Waals surface area contributed by atoms with E-state index in [0.717, 1.165) is 10.0 Å². The van der Waals surface area contributed by atoms with Gasteiger partial charge in [-0.3, -0.25) is 14.4 Å². The molecule has 3 N–H and O–H groups in total. The van der Waals surface area contributed by atoms with Crippen LogP contribution in [0.15, 0.2) is 34.2 Å².